The average Bonchev–Trinajstić information content (AvgIpc) is 2.56. The van der Waals surface area contributed by atoms with Crippen LogP contribution in [0.2, 0.25) is 0 Å². The molecule has 2 aromatic rings. The first-order valence-electron chi connectivity index (χ1n) is 6.80. The number of halogens is 2. The lowest BCUT2D eigenvalue weighted by Gasteiger charge is -2.11. The van der Waals surface area contributed by atoms with Crippen LogP contribution in [0.1, 0.15) is 5.56 Å². The van der Waals surface area contributed by atoms with Gasteiger partial charge < -0.3 is 14.6 Å². The lowest BCUT2D eigenvalue weighted by Crippen LogP contribution is -2.03. The number of methoxy groups -OCH3 is 1. The summed E-state index contributed by atoms with van der Waals surface area (Å²) in [6.45, 7) is 0.155. The van der Waals surface area contributed by atoms with Gasteiger partial charge in [-0.1, -0.05) is 15.9 Å². The summed E-state index contributed by atoms with van der Waals surface area (Å²) in [5.41, 5.74) is 4.68. The SMILES string of the molecule is COc1cc(/C=N\Nc2ccc(Br)cc2)c(Br)cc1OCCO. The molecule has 0 aliphatic rings. The summed E-state index contributed by atoms with van der Waals surface area (Å²) in [5, 5.41) is 13.1. The first-order chi connectivity index (χ1) is 11.1. The van der Waals surface area contributed by atoms with Crippen LogP contribution in [0, 0.1) is 0 Å². The van der Waals surface area contributed by atoms with Gasteiger partial charge in [0.25, 0.3) is 0 Å². The Labute approximate surface area is 151 Å². The number of anilines is 1. The number of benzene rings is 2. The van der Waals surface area contributed by atoms with Crippen LogP contribution in [0.5, 0.6) is 11.5 Å². The van der Waals surface area contributed by atoms with E-state index in [9.17, 15) is 0 Å². The fraction of sp³-hybridized carbons (Fsp3) is 0.188. The highest BCUT2D eigenvalue weighted by Crippen LogP contribution is 2.32. The van der Waals surface area contributed by atoms with E-state index in [0.717, 1.165) is 20.2 Å². The van der Waals surface area contributed by atoms with E-state index in [1.807, 2.05) is 30.3 Å². The number of hydrazone groups is 1. The van der Waals surface area contributed by atoms with E-state index in [1.165, 1.54) is 0 Å². The van der Waals surface area contributed by atoms with E-state index in [4.69, 9.17) is 14.6 Å². The quantitative estimate of drug-likeness (QED) is 0.500. The summed E-state index contributed by atoms with van der Waals surface area (Å²) in [5.74, 6) is 1.14. The monoisotopic (exact) mass is 442 g/mol. The molecule has 0 aromatic heterocycles. The van der Waals surface area contributed by atoms with Crippen LogP contribution in [0.25, 0.3) is 0 Å². The first kappa shape index (κ1) is 17.8. The van der Waals surface area contributed by atoms with Crippen molar-refractivity contribution in [2.24, 2.45) is 5.10 Å². The zero-order chi connectivity index (χ0) is 16.7. The van der Waals surface area contributed by atoms with Crippen LogP contribution >= 0.6 is 31.9 Å². The van der Waals surface area contributed by atoms with Gasteiger partial charge in [-0.25, -0.2) is 0 Å². The summed E-state index contributed by atoms with van der Waals surface area (Å²) in [7, 11) is 1.57. The molecule has 7 heteroatoms. The molecule has 0 fully saturated rings. The standard InChI is InChI=1S/C16H16Br2N2O3/c1-22-15-8-11(14(18)9-16(15)23-7-6-21)10-19-20-13-4-2-12(17)3-5-13/h2-5,8-10,20-21H,6-7H2,1H3/b19-10-. The number of aliphatic hydroxyl groups is 1. The Kier molecular flexibility index (Phi) is 6.88. The molecule has 0 bridgehead atoms. The van der Waals surface area contributed by atoms with Crippen LogP contribution in [-0.2, 0) is 0 Å². The number of hydrogen-bond donors (Lipinski definition) is 2. The second-order valence-electron chi connectivity index (χ2n) is 4.47. The summed E-state index contributed by atoms with van der Waals surface area (Å²) in [4.78, 5) is 0. The van der Waals surface area contributed by atoms with Gasteiger partial charge in [0.2, 0.25) is 0 Å². The molecule has 23 heavy (non-hydrogen) atoms. The number of nitrogens with one attached hydrogen (secondary N) is 1. The molecule has 0 saturated carbocycles. The molecule has 2 N–H and O–H groups in total. The molecule has 5 nitrogen and oxygen atoms in total. The van der Waals surface area contributed by atoms with Crippen molar-refractivity contribution in [1.82, 2.24) is 0 Å². The van der Waals surface area contributed by atoms with Gasteiger partial charge in [-0.15, -0.1) is 0 Å². The molecule has 122 valence electrons. The fourth-order valence-corrected chi connectivity index (χ4v) is 2.47. The van der Waals surface area contributed by atoms with Crippen molar-refractivity contribution in [3.63, 3.8) is 0 Å². The van der Waals surface area contributed by atoms with Gasteiger partial charge in [0.1, 0.15) is 6.61 Å². The van der Waals surface area contributed by atoms with Crippen LogP contribution in [-0.4, -0.2) is 31.6 Å². The third-order valence-corrected chi connectivity index (χ3v) is 4.09. The van der Waals surface area contributed by atoms with Crippen molar-refractivity contribution in [2.45, 2.75) is 0 Å². The number of ether oxygens (including phenoxy) is 2. The lowest BCUT2D eigenvalue weighted by molar-refractivity contribution is 0.196. The van der Waals surface area contributed by atoms with Crippen molar-refractivity contribution in [2.75, 3.05) is 25.7 Å². The second-order valence-corrected chi connectivity index (χ2v) is 6.24. The van der Waals surface area contributed by atoms with Gasteiger partial charge >= 0.3 is 0 Å². The molecule has 0 aliphatic heterocycles. The van der Waals surface area contributed by atoms with Crippen LogP contribution in [0.15, 0.2) is 50.4 Å². The Morgan fingerprint density at radius 3 is 2.57 bits per heavy atom. The van der Waals surface area contributed by atoms with Crippen molar-refractivity contribution >= 4 is 43.8 Å². The molecular weight excluding hydrogens is 428 g/mol. The smallest absolute Gasteiger partial charge is 0.162 e. The molecule has 2 aromatic carbocycles. The normalized spacial score (nSPS) is 10.8. The highest BCUT2D eigenvalue weighted by Gasteiger charge is 2.09. The lowest BCUT2D eigenvalue weighted by atomic mass is 10.2. The van der Waals surface area contributed by atoms with Gasteiger partial charge in [0.15, 0.2) is 11.5 Å². The third kappa shape index (κ3) is 5.23. The predicted molar refractivity (Wildman–Crippen MR) is 98.6 cm³/mol. The maximum absolute atomic E-state index is 8.85. The van der Waals surface area contributed by atoms with E-state index >= 15 is 0 Å². The number of nitrogens with zero attached hydrogens (tertiary/aromatic N) is 1. The highest BCUT2D eigenvalue weighted by atomic mass is 79.9. The minimum absolute atomic E-state index is 0.0545. The number of aliphatic hydroxyl groups excluding tert-OH is 1. The largest absolute Gasteiger partial charge is 0.493 e. The van der Waals surface area contributed by atoms with Gasteiger partial charge in [0.05, 0.1) is 25.6 Å². The van der Waals surface area contributed by atoms with E-state index in [2.05, 4.69) is 42.4 Å². The zero-order valence-electron chi connectivity index (χ0n) is 12.4. The molecule has 0 aliphatic carbocycles. The Morgan fingerprint density at radius 1 is 1.17 bits per heavy atom. The van der Waals surface area contributed by atoms with Gasteiger partial charge in [-0.3, -0.25) is 5.43 Å². The minimum Gasteiger partial charge on any atom is -0.493 e. The van der Waals surface area contributed by atoms with Gasteiger partial charge in [0, 0.05) is 14.5 Å². The van der Waals surface area contributed by atoms with E-state index in [-0.39, 0.29) is 13.2 Å². The summed E-state index contributed by atoms with van der Waals surface area (Å²) in [6, 6.07) is 11.3. The van der Waals surface area contributed by atoms with Crippen LogP contribution in [0.3, 0.4) is 0 Å². The minimum atomic E-state index is -0.0545. The molecule has 0 unspecified atom stereocenters. The van der Waals surface area contributed by atoms with Gasteiger partial charge in [-0.2, -0.15) is 5.10 Å². The first-order valence-corrected chi connectivity index (χ1v) is 8.38. The maximum atomic E-state index is 8.85. The van der Waals surface area contributed by atoms with Crippen molar-refractivity contribution in [1.29, 1.82) is 0 Å². The zero-order valence-corrected chi connectivity index (χ0v) is 15.6. The fourth-order valence-electron chi connectivity index (χ4n) is 1.78. The topological polar surface area (TPSA) is 63.1 Å². The van der Waals surface area contributed by atoms with E-state index in [0.29, 0.717) is 11.5 Å². The third-order valence-electron chi connectivity index (χ3n) is 2.87. The second kappa shape index (κ2) is 8.90. The Morgan fingerprint density at radius 2 is 1.91 bits per heavy atom. The number of rotatable bonds is 7. The molecule has 0 spiro atoms. The predicted octanol–water partition coefficient (Wildman–Crippen LogP) is 4.04. The summed E-state index contributed by atoms with van der Waals surface area (Å²) < 4.78 is 12.6. The molecule has 0 saturated heterocycles. The van der Waals surface area contributed by atoms with Crippen molar-refractivity contribution in [3.8, 4) is 11.5 Å². The van der Waals surface area contributed by atoms with Gasteiger partial charge in [-0.05, 0) is 52.3 Å². The van der Waals surface area contributed by atoms with Crippen LogP contribution in [0.4, 0.5) is 5.69 Å². The summed E-state index contributed by atoms with van der Waals surface area (Å²) in [6.07, 6.45) is 1.68. The average molecular weight is 444 g/mol. The van der Waals surface area contributed by atoms with E-state index in [1.54, 1.807) is 19.4 Å². The van der Waals surface area contributed by atoms with E-state index < -0.39 is 0 Å². The van der Waals surface area contributed by atoms with Crippen molar-refractivity contribution < 1.29 is 14.6 Å². The Hall–Kier alpha value is -1.57. The Balaban J connectivity index is 2.12. The molecular formula is C16H16Br2N2O3. The Bertz CT molecular complexity index is 676. The molecule has 0 amide bonds. The summed E-state index contributed by atoms with van der Waals surface area (Å²) >= 11 is 6.86. The molecule has 0 heterocycles. The highest BCUT2D eigenvalue weighted by molar-refractivity contribution is 9.10. The molecule has 2 rings (SSSR count). The number of hydrogen-bond acceptors (Lipinski definition) is 5. The van der Waals surface area contributed by atoms with Crippen molar-refractivity contribution in [3.05, 3.63) is 50.9 Å². The maximum Gasteiger partial charge on any atom is 0.162 e. The molecule has 0 atom stereocenters. The molecule has 0 radical (unpaired) electrons. The van der Waals surface area contributed by atoms with Crippen LogP contribution < -0.4 is 14.9 Å².